The van der Waals surface area contributed by atoms with E-state index in [2.05, 4.69) is 20.9 Å². The lowest BCUT2D eigenvalue weighted by Gasteiger charge is -2.25. The topological polar surface area (TPSA) is 42.1 Å². The van der Waals surface area contributed by atoms with Crippen molar-refractivity contribution in [2.75, 3.05) is 17.2 Å². The number of nitrogen functional groups attached to an aromatic ring is 1. The molecule has 1 heterocycles. The fourth-order valence-corrected chi connectivity index (χ4v) is 2.40. The van der Waals surface area contributed by atoms with Crippen LogP contribution in [-0.2, 0) is 0 Å². The summed E-state index contributed by atoms with van der Waals surface area (Å²) >= 11 is 3.43. The molecule has 0 spiro atoms. The summed E-state index contributed by atoms with van der Waals surface area (Å²) in [4.78, 5) is 5.93. The normalized spacial score (nSPS) is 10.4. The van der Waals surface area contributed by atoms with Crippen molar-refractivity contribution in [3.63, 3.8) is 0 Å². The smallest absolute Gasteiger partial charge is 0.125 e. The minimum Gasteiger partial charge on any atom is -0.396 e. The maximum Gasteiger partial charge on any atom is 0.125 e. The number of pyridine rings is 1. The van der Waals surface area contributed by atoms with Gasteiger partial charge in [-0.15, -0.1) is 0 Å². The number of hydrogen-bond acceptors (Lipinski definition) is 3. The zero-order valence-electron chi connectivity index (χ0n) is 9.90. The van der Waals surface area contributed by atoms with Crippen molar-refractivity contribution in [1.82, 2.24) is 4.98 Å². The van der Waals surface area contributed by atoms with E-state index in [1.807, 2.05) is 17.9 Å². The Morgan fingerprint density at radius 3 is 2.78 bits per heavy atom. The van der Waals surface area contributed by atoms with Gasteiger partial charge in [0.25, 0.3) is 0 Å². The third-order valence-corrected chi connectivity index (χ3v) is 3.19. The molecule has 18 heavy (non-hydrogen) atoms. The molecule has 1 aromatic carbocycles. The van der Waals surface area contributed by atoms with E-state index >= 15 is 0 Å². The van der Waals surface area contributed by atoms with Crippen LogP contribution >= 0.6 is 15.9 Å². The van der Waals surface area contributed by atoms with Crippen LogP contribution in [0.3, 0.4) is 0 Å². The van der Waals surface area contributed by atoms with Crippen LogP contribution in [0.15, 0.2) is 41.1 Å². The average Bonchev–Trinajstić information content (AvgIpc) is 2.34. The van der Waals surface area contributed by atoms with Gasteiger partial charge in [0.2, 0.25) is 0 Å². The average molecular weight is 310 g/mol. The number of aromatic nitrogens is 1. The second kappa shape index (κ2) is 5.35. The molecule has 0 unspecified atom stereocenters. The first-order valence-electron chi connectivity index (χ1n) is 5.55. The molecule has 0 fully saturated rings. The van der Waals surface area contributed by atoms with Crippen LogP contribution in [0.1, 0.15) is 6.92 Å². The summed E-state index contributed by atoms with van der Waals surface area (Å²) in [7, 11) is 0. The molecule has 2 rings (SSSR count). The number of hydrogen-bond donors (Lipinski definition) is 1. The number of nitrogens with zero attached hydrogens (tertiary/aromatic N) is 2. The van der Waals surface area contributed by atoms with Crippen LogP contribution in [0.25, 0.3) is 0 Å². The molecule has 0 aliphatic heterocycles. The third-order valence-electron chi connectivity index (χ3n) is 2.61. The van der Waals surface area contributed by atoms with Crippen molar-refractivity contribution < 1.29 is 4.39 Å². The first-order valence-corrected chi connectivity index (χ1v) is 6.35. The predicted molar refractivity (Wildman–Crippen MR) is 75.4 cm³/mol. The molecule has 0 amide bonds. The Morgan fingerprint density at radius 1 is 1.39 bits per heavy atom. The Labute approximate surface area is 114 Å². The van der Waals surface area contributed by atoms with Gasteiger partial charge in [-0.2, -0.15) is 0 Å². The number of benzene rings is 1. The molecule has 94 valence electrons. The molecular formula is C13H13BrFN3. The van der Waals surface area contributed by atoms with E-state index in [0.29, 0.717) is 12.2 Å². The van der Waals surface area contributed by atoms with Gasteiger partial charge in [-0.1, -0.05) is 6.07 Å². The highest BCUT2D eigenvalue weighted by Gasteiger charge is 2.14. The number of rotatable bonds is 3. The molecule has 2 N–H and O–H groups in total. The lowest BCUT2D eigenvalue weighted by atomic mass is 10.2. The van der Waals surface area contributed by atoms with E-state index in [0.717, 1.165) is 15.8 Å². The number of anilines is 3. The second-order valence-corrected chi connectivity index (χ2v) is 4.64. The van der Waals surface area contributed by atoms with Gasteiger partial charge in [0.15, 0.2) is 0 Å². The van der Waals surface area contributed by atoms with E-state index < -0.39 is 0 Å². The fraction of sp³-hybridized carbons (Fsp3) is 0.154. The Balaban J connectivity index is 2.52. The molecule has 0 radical (unpaired) electrons. The summed E-state index contributed by atoms with van der Waals surface area (Å²) in [6.07, 6.45) is 3.26. The zero-order chi connectivity index (χ0) is 13.1. The van der Waals surface area contributed by atoms with Crippen LogP contribution in [0.5, 0.6) is 0 Å². The molecule has 0 saturated carbocycles. The van der Waals surface area contributed by atoms with Crippen LogP contribution in [0.4, 0.5) is 21.5 Å². The minimum atomic E-state index is -0.269. The quantitative estimate of drug-likeness (QED) is 0.939. The van der Waals surface area contributed by atoms with E-state index in [1.54, 1.807) is 18.5 Å². The van der Waals surface area contributed by atoms with Gasteiger partial charge in [-0.3, -0.25) is 4.98 Å². The highest BCUT2D eigenvalue weighted by Crippen LogP contribution is 2.36. The minimum absolute atomic E-state index is 0.269. The Hall–Kier alpha value is -1.62. The molecule has 3 nitrogen and oxygen atoms in total. The second-order valence-electron chi connectivity index (χ2n) is 3.78. The lowest BCUT2D eigenvalue weighted by molar-refractivity contribution is 0.627. The highest BCUT2D eigenvalue weighted by atomic mass is 79.9. The number of halogens is 2. The summed E-state index contributed by atoms with van der Waals surface area (Å²) in [6.45, 7) is 2.66. The summed E-state index contributed by atoms with van der Waals surface area (Å²) in [5, 5.41) is 0. The fourth-order valence-electron chi connectivity index (χ4n) is 1.84. The molecule has 2 aromatic rings. The summed E-state index contributed by atoms with van der Waals surface area (Å²) < 4.78 is 14.1. The third kappa shape index (κ3) is 2.46. The van der Waals surface area contributed by atoms with Crippen LogP contribution in [0, 0.1) is 5.82 Å². The maximum atomic E-state index is 13.3. The first kappa shape index (κ1) is 12.8. The van der Waals surface area contributed by atoms with Crippen LogP contribution in [-0.4, -0.2) is 11.5 Å². The van der Waals surface area contributed by atoms with E-state index in [9.17, 15) is 4.39 Å². The van der Waals surface area contributed by atoms with E-state index in [-0.39, 0.29) is 5.82 Å². The summed E-state index contributed by atoms with van der Waals surface area (Å²) in [5.74, 6) is -0.269. The standard InChI is InChI=1S/C13H13BrFN3/c1-2-18(10-5-3-4-9(15)6-10)13-11(14)7-17-8-12(13)16/h3-8H,2,16H2,1H3. The summed E-state index contributed by atoms with van der Waals surface area (Å²) in [5.41, 5.74) is 8.06. The van der Waals surface area contributed by atoms with Gasteiger partial charge in [-0.25, -0.2) is 4.39 Å². The van der Waals surface area contributed by atoms with Crippen molar-refractivity contribution >= 4 is 33.0 Å². The zero-order valence-corrected chi connectivity index (χ0v) is 11.5. The van der Waals surface area contributed by atoms with Gasteiger partial charge in [0.1, 0.15) is 5.82 Å². The molecular weight excluding hydrogens is 297 g/mol. The Kier molecular flexibility index (Phi) is 3.81. The molecule has 0 aliphatic rings. The van der Waals surface area contributed by atoms with Gasteiger partial charge >= 0.3 is 0 Å². The Morgan fingerprint density at radius 2 is 2.17 bits per heavy atom. The first-order chi connectivity index (χ1) is 8.63. The molecule has 1 aromatic heterocycles. The molecule has 0 bridgehead atoms. The van der Waals surface area contributed by atoms with Gasteiger partial charge in [0, 0.05) is 18.4 Å². The van der Waals surface area contributed by atoms with Crippen molar-refractivity contribution in [3.05, 3.63) is 46.9 Å². The van der Waals surface area contributed by atoms with Crippen molar-refractivity contribution in [2.45, 2.75) is 6.92 Å². The highest BCUT2D eigenvalue weighted by molar-refractivity contribution is 9.10. The van der Waals surface area contributed by atoms with Crippen LogP contribution in [0.2, 0.25) is 0 Å². The molecule has 5 heteroatoms. The lowest BCUT2D eigenvalue weighted by Crippen LogP contribution is -2.18. The monoisotopic (exact) mass is 309 g/mol. The molecule has 0 saturated heterocycles. The van der Waals surface area contributed by atoms with E-state index in [4.69, 9.17) is 5.73 Å². The van der Waals surface area contributed by atoms with Crippen molar-refractivity contribution in [2.24, 2.45) is 0 Å². The largest absolute Gasteiger partial charge is 0.396 e. The maximum absolute atomic E-state index is 13.3. The van der Waals surface area contributed by atoms with Crippen molar-refractivity contribution in [3.8, 4) is 0 Å². The molecule has 0 aliphatic carbocycles. The van der Waals surface area contributed by atoms with Gasteiger partial charge in [-0.05, 0) is 41.1 Å². The number of nitrogens with two attached hydrogens (primary N) is 1. The van der Waals surface area contributed by atoms with E-state index in [1.165, 1.54) is 12.1 Å². The molecule has 0 atom stereocenters. The van der Waals surface area contributed by atoms with Crippen LogP contribution < -0.4 is 10.6 Å². The SMILES string of the molecule is CCN(c1cccc(F)c1)c1c(N)cncc1Br. The van der Waals surface area contributed by atoms with Gasteiger partial charge in [0.05, 0.1) is 22.0 Å². The predicted octanol–water partition coefficient (Wildman–Crippen LogP) is 3.72. The van der Waals surface area contributed by atoms with Gasteiger partial charge < -0.3 is 10.6 Å². The Bertz CT molecular complexity index is 539. The van der Waals surface area contributed by atoms with Crippen molar-refractivity contribution in [1.29, 1.82) is 0 Å². The summed E-state index contributed by atoms with van der Waals surface area (Å²) in [6, 6.07) is 6.43.